The maximum atomic E-state index is 8.88. The standard InChI is InChI=1S/C15H15NO2S/c16-9-10-1-3-13-11(7-10)2-4-14(18-13)15-8-12(19)5-6-17-15/h1-4,7,12,14-15,19H,5-6,8H2. The maximum absolute atomic E-state index is 8.88. The normalized spacial score (nSPS) is 29.2. The molecule has 2 heterocycles. The van der Waals surface area contributed by atoms with Crippen LogP contribution in [0.4, 0.5) is 0 Å². The van der Waals surface area contributed by atoms with E-state index >= 15 is 0 Å². The van der Waals surface area contributed by atoms with E-state index in [-0.39, 0.29) is 12.2 Å². The molecule has 0 N–H and O–H groups in total. The summed E-state index contributed by atoms with van der Waals surface area (Å²) in [5.41, 5.74) is 1.60. The largest absolute Gasteiger partial charge is 0.483 e. The molecule has 0 radical (unpaired) electrons. The van der Waals surface area contributed by atoms with Crippen LogP contribution in [0.3, 0.4) is 0 Å². The number of rotatable bonds is 1. The third-order valence-electron chi connectivity index (χ3n) is 3.52. The minimum absolute atomic E-state index is 0.0598. The first-order chi connectivity index (χ1) is 9.26. The summed E-state index contributed by atoms with van der Waals surface area (Å²) < 4.78 is 11.7. The summed E-state index contributed by atoms with van der Waals surface area (Å²) in [4.78, 5) is 0. The summed E-state index contributed by atoms with van der Waals surface area (Å²) in [7, 11) is 0. The Morgan fingerprint density at radius 1 is 1.37 bits per heavy atom. The summed E-state index contributed by atoms with van der Waals surface area (Å²) in [5, 5.41) is 9.27. The van der Waals surface area contributed by atoms with Crippen molar-refractivity contribution in [1.29, 1.82) is 5.26 Å². The van der Waals surface area contributed by atoms with E-state index in [4.69, 9.17) is 14.7 Å². The molecule has 3 rings (SSSR count). The van der Waals surface area contributed by atoms with Crippen molar-refractivity contribution >= 4 is 18.7 Å². The number of nitrogens with zero attached hydrogens (tertiary/aromatic N) is 1. The van der Waals surface area contributed by atoms with Crippen molar-refractivity contribution in [3.63, 3.8) is 0 Å². The van der Waals surface area contributed by atoms with Gasteiger partial charge in [0.25, 0.3) is 0 Å². The SMILES string of the molecule is N#Cc1ccc2c(c1)C=CC(C1CC(S)CCO1)O2. The molecule has 1 fully saturated rings. The molecule has 1 saturated heterocycles. The molecule has 4 heteroatoms. The number of benzene rings is 1. The first-order valence-corrected chi connectivity index (χ1v) is 6.96. The average Bonchev–Trinajstić information content (AvgIpc) is 2.46. The quantitative estimate of drug-likeness (QED) is 0.800. The van der Waals surface area contributed by atoms with Gasteiger partial charge in [-0.3, -0.25) is 0 Å². The third-order valence-corrected chi connectivity index (χ3v) is 3.99. The second kappa shape index (κ2) is 5.28. The van der Waals surface area contributed by atoms with Crippen LogP contribution in [-0.2, 0) is 4.74 Å². The molecule has 0 saturated carbocycles. The van der Waals surface area contributed by atoms with Crippen LogP contribution in [0.1, 0.15) is 24.0 Å². The molecule has 1 aromatic rings. The zero-order valence-corrected chi connectivity index (χ0v) is 11.3. The molecule has 0 amide bonds. The molecule has 3 unspecified atom stereocenters. The number of thiol groups is 1. The summed E-state index contributed by atoms with van der Waals surface area (Å²) in [5.74, 6) is 0.816. The Labute approximate surface area is 118 Å². The van der Waals surface area contributed by atoms with Gasteiger partial charge in [-0.05, 0) is 37.1 Å². The summed E-state index contributed by atoms with van der Waals surface area (Å²) in [6, 6.07) is 7.60. The van der Waals surface area contributed by atoms with Crippen molar-refractivity contribution in [3.8, 4) is 11.8 Å². The van der Waals surface area contributed by atoms with Gasteiger partial charge < -0.3 is 9.47 Å². The molecule has 2 aliphatic heterocycles. The van der Waals surface area contributed by atoms with Gasteiger partial charge in [-0.1, -0.05) is 6.08 Å². The Balaban J connectivity index is 1.78. The van der Waals surface area contributed by atoms with Crippen molar-refractivity contribution in [2.24, 2.45) is 0 Å². The minimum atomic E-state index is -0.0598. The highest BCUT2D eigenvalue weighted by molar-refractivity contribution is 7.80. The Morgan fingerprint density at radius 3 is 3.05 bits per heavy atom. The third kappa shape index (κ3) is 2.63. The molecule has 98 valence electrons. The number of hydrogen-bond acceptors (Lipinski definition) is 4. The highest BCUT2D eigenvalue weighted by atomic mass is 32.1. The van der Waals surface area contributed by atoms with Gasteiger partial charge in [0.05, 0.1) is 17.7 Å². The van der Waals surface area contributed by atoms with E-state index in [2.05, 4.69) is 18.7 Å². The molecular formula is C15H15NO2S. The van der Waals surface area contributed by atoms with Gasteiger partial charge >= 0.3 is 0 Å². The van der Waals surface area contributed by atoms with Crippen LogP contribution in [0.25, 0.3) is 6.08 Å². The van der Waals surface area contributed by atoms with Gasteiger partial charge in [-0.2, -0.15) is 17.9 Å². The van der Waals surface area contributed by atoms with Crippen LogP contribution < -0.4 is 4.74 Å². The first-order valence-electron chi connectivity index (χ1n) is 6.45. The molecule has 0 aliphatic carbocycles. The van der Waals surface area contributed by atoms with Gasteiger partial charge in [-0.25, -0.2) is 0 Å². The predicted octanol–water partition coefficient (Wildman–Crippen LogP) is 2.81. The zero-order chi connectivity index (χ0) is 13.2. The van der Waals surface area contributed by atoms with Crippen LogP contribution in [0, 0.1) is 11.3 Å². The molecular weight excluding hydrogens is 258 g/mol. The Morgan fingerprint density at radius 2 is 2.26 bits per heavy atom. The molecule has 0 spiro atoms. The van der Waals surface area contributed by atoms with E-state index in [0.717, 1.165) is 30.8 Å². The van der Waals surface area contributed by atoms with Crippen LogP contribution in [-0.4, -0.2) is 24.1 Å². The fourth-order valence-electron chi connectivity index (χ4n) is 2.48. The topological polar surface area (TPSA) is 42.2 Å². The van der Waals surface area contributed by atoms with Crippen LogP contribution in [0.2, 0.25) is 0 Å². The predicted molar refractivity (Wildman–Crippen MR) is 76.4 cm³/mol. The van der Waals surface area contributed by atoms with Crippen LogP contribution in [0.15, 0.2) is 24.3 Å². The number of hydrogen-bond donors (Lipinski definition) is 1. The van der Waals surface area contributed by atoms with E-state index in [9.17, 15) is 0 Å². The highest BCUT2D eigenvalue weighted by Crippen LogP contribution is 2.31. The van der Waals surface area contributed by atoms with E-state index in [1.54, 1.807) is 6.07 Å². The lowest BCUT2D eigenvalue weighted by Crippen LogP contribution is -2.39. The lowest BCUT2D eigenvalue weighted by atomic mass is 9.99. The molecule has 0 bridgehead atoms. The van der Waals surface area contributed by atoms with Crippen molar-refractivity contribution in [2.45, 2.75) is 30.3 Å². The maximum Gasteiger partial charge on any atom is 0.143 e. The second-order valence-electron chi connectivity index (χ2n) is 4.89. The monoisotopic (exact) mass is 273 g/mol. The van der Waals surface area contributed by atoms with Gasteiger partial charge in [0, 0.05) is 17.4 Å². The van der Waals surface area contributed by atoms with Gasteiger partial charge in [0.2, 0.25) is 0 Å². The smallest absolute Gasteiger partial charge is 0.143 e. The second-order valence-corrected chi connectivity index (χ2v) is 5.62. The fraction of sp³-hybridized carbons (Fsp3) is 0.400. The first kappa shape index (κ1) is 12.6. The molecule has 3 atom stereocenters. The average molecular weight is 273 g/mol. The molecule has 0 aromatic heterocycles. The van der Waals surface area contributed by atoms with Gasteiger partial charge in [0.15, 0.2) is 0 Å². The minimum Gasteiger partial charge on any atom is -0.483 e. The zero-order valence-electron chi connectivity index (χ0n) is 10.5. The van der Waals surface area contributed by atoms with E-state index < -0.39 is 0 Å². The van der Waals surface area contributed by atoms with Gasteiger partial charge in [0.1, 0.15) is 11.9 Å². The molecule has 3 nitrogen and oxygen atoms in total. The van der Waals surface area contributed by atoms with Crippen molar-refractivity contribution in [1.82, 2.24) is 0 Å². The number of ether oxygens (including phenoxy) is 2. The molecule has 2 aliphatic rings. The van der Waals surface area contributed by atoms with Crippen molar-refractivity contribution in [2.75, 3.05) is 6.61 Å². The van der Waals surface area contributed by atoms with Crippen molar-refractivity contribution < 1.29 is 9.47 Å². The summed E-state index contributed by atoms with van der Waals surface area (Å²) in [6.45, 7) is 0.743. The summed E-state index contributed by atoms with van der Waals surface area (Å²) in [6.07, 6.45) is 5.93. The Bertz CT molecular complexity index is 550. The lowest BCUT2D eigenvalue weighted by molar-refractivity contribution is -0.0338. The highest BCUT2D eigenvalue weighted by Gasteiger charge is 2.29. The van der Waals surface area contributed by atoms with Crippen LogP contribution in [0.5, 0.6) is 5.75 Å². The van der Waals surface area contributed by atoms with E-state index in [1.807, 2.05) is 24.3 Å². The number of nitriles is 1. The molecule has 19 heavy (non-hydrogen) atoms. The van der Waals surface area contributed by atoms with E-state index in [0.29, 0.717) is 10.8 Å². The fourth-order valence-corrected chi connectivity index (χ4v) is 2.79. The number of fused-ring (bicyclic) bond motifs is 1. The van der Waals surface area contributed by atoms with Crippen LogP contribution >= 0.6 is 12.6 Å². The van der Waals surface area contributed by atoms with Crippen molar-refractivity contribution in [3.05, 3.63) is 35.4 Å². The Kier molecular flexibility index (Phi) is 3.50. The Hall–Kier alpha value is -1.44. The summed E-state index contributed by atoms with van der Waals surface area (Å²) >= 11 is 4.53. The van der Waals surface area contributed by atoms with E-state index in [1.165, 1.54) is 0 Å². The van der Waals surface area contributed by atoms with Gasteiger partial charge in [-0.15, -0.1) is 0 Å². The lowest BCUT2D eigenvalue weighted by Gasteiger charge is -2.33. The molecule has 1 aromatic carbocycles.